The lowest BCUT2D eigenvalue weighted by Gasteiger charge is -2.10. The van der Waals surface area contributed by atoms with E-state index in [9.17, 15) is 0 Å². The lowest BCUT2D eigenvalue weighted by Crippen LogP contribution is -2.06. The Kier molecular flexibility index (Phi) is 7.75. The van der Waals surface area contributed by atoms with Crippen LogP contribution in [0.15, 0.2) is 71.8 Å². The summed E-state index contributed by atoms with van der Waals surface area (Å²) in [4.78, 5) is 0. The molecule has 0 aliphatic carbocycles. The quantitative estimate of drug-likeness (QED) is 0.254. The van der Waals surface area contributed by atoms with Gasteiger partial charge in [0.25, 0.3) is 0 Å². The van der Waals surface area contributed by atoms with E-state index >= 15 is 0 Å². The number of rotatable bonds is 9. The van der Waals surface area contributed by atoms with Gasteiger partial charge in [-0.15, -0.1) is 0 Å². The third kappa shape index (κ3) is 6.12. The van der Waals surface area contributed by atoms with Gasteiger partial charge in [-0.2, -0.15) is 5.10 Å². The van der Waals surface area contributed by atoms with Crippen LogP contribution in [-0.2, 0) is 13.2 Å². The Balaban J connectivity index is 1.58. The lowest BCUT2D eigenvalue weighted by atomic mass is 10.2. The number of nitrogens with zero attached hydrogens (tertiary/aromatic N) is 1. The van der Waals surface area contributed by atoms with Crippen molar-refractivity contribution in [2.45, 2.75) is 13.2 Å². The number of hydrogen-bond donors (Lipinski definition) is 1. The number of ether oxygens (including phenoxy) is 3. The third-order valence-electron chi connectivity index (χ3n) is 4.25. The molecule has 6 heteroatoms. The first-order valence-electron chi connectivity index (χ1n) is 9.12. The Hall–Kier alpha value is -2.74. The van der Waals surface area contributed by atoms with Gasteiger partial charge in [0, 0.05) is 9.13 Å². The lowest BCUT2D eigenvalue weighted by molar-refractivity contribution is 0.306. The maximum absolute atomic E-state index is 5.98. The Morgan fingerprint density at radius 1 is 0.862 bits per heavy atom. The van der Waals surface area contributed by atoms with Gasteiger partial charge >= 0.3 is 0 Å². The van der Waals surface area contributed by atoms with Gasteiger partial charge in [-0.3, -0.25) is 0 Å². The van der Waals surface area contributed by atoms with Crippen molar-refractivity contribution in [1.82, 2.24) is 5.43 Å². The van der Waals surface area contributed by atoms with E-state index in [0.717, 1.165) is 22.4 Å². The highest BCUT2D eigenvalue weighted by Crippen LogP contribution is 2.27. The number of halogens is 1. The van der Waals surface area contributed by atoms with Gasteiger partial charge in [0.15, 0.2) is 11.5 Å². The summed E-state index contributed by atoms with van der Waals surface area (Å²) in [6.45, 7) is 1.09. The Labute approximate surface area is 184 Å². The summed E-state index contributed by atoms with van der Waals surface area (Å²) >= 11 is 2.29. The number of nitrogens with one attached hydrogen (secondary N) is 1. The number of methoxy groups -OCH3 is 2. The van der Waals surface area contributed by atoms with E-state index in [1.807, 2.05) is 42.5 Å². The molecule has 0 aliphatic heterocycles. The fraction of sp³-hybridized carbons (Fsp3) is 0.174. The van der Waals surface area contributed by atoms with Crippen molar-refractivity contribution >= 4 is 28.8 Å². The molecule has 0 aromatic heterocycles. The molecule has 29 heavy (non-hydrogen) atoms. The van der Waals surface area contributed by atoms with Gasteiger partial charge in [0.2, 0.25) is 0 Å². The highest BCUT2D eigenvalue weighted by Gasteiger charge is 2.04. The van der Waals surface area contributed by atoms with Gasteiger partial charge in [0.1, 0.15) is 12.4 Å². The van der Waals surface area contributed by atoms with Crippen LogP contribution in [0.1, 0.15) is 16.7 Å². The van der Waals surface area contributed by atoms with E-state index in [2.05, 4.69) is 57.4 Å². The molecule has 0 radical (unpaired) electrons. The Morgan fingerprint density at radius 2 is 1.59 bits per heavy atom. The van der Waals surface area contributed by atoms with Gasteiger partial charge in [-0.1, -0.05) is 30.3 Å². The topological polar surface area (TPSA) is 52.1 Å². The maximum Gasteiger partial charge on any atom is 0.161 e. The van der Waals surface area contributed by atoms with Gasteiger partial charge < -0.3 is 19.6 Å². The summed E-state index contributed by atoms with van der Waals surface area (Å²) < 4.78 is 17.8. The Bertz CT molecular complexity index is 959. The monoisotopic (exact) mass is 502 g/mol. The van der Waals surface area contributed by atoms with Crippen molar-refractivity contribution in [2.24, 2.45) is 5.10 Å². The van der Waals surface area contributed by atoms with Crippen molar-refractivity contribution < 1.29 is 14.2 Å². The number of hydrogen-bond acceptors (Lipinski definition) is 5. The molecule has 0 saturated carbocycles. The second kappa shape index (κ2) is 10.7. The summed E-state index contributed by atoms with van der Waals surface area (Å²) in [7, 11) is 3.25. The SMILES string of the molecule is COc1ccc(CN/N=C\c2ccccc2OCc2ccc(I)cc2)cc1OC. The fourth-order valence-electron chi connectivity index (χ4n) is 2.70. The molecule has 0 amide bonds. The molecule has 0 saturated heterocycles. The normalized spacial score (nSPS) is 10.7. The van der Waals surface area contributed by atoms with Crippen molar-refractivity contribution in [2.75, 3.05) is 14.2 Å². The minimum Gasteiger partial charge on any atom is -0.493 e. The van der Waals surface area contributed by atoms with E-state index in [-0.39, 0.29) is 0 Å². The van der Waals surface area contributed by atoms with Gasteiger partial charge in [-0.25, -0.2) is 0 Å². The molecule has 0 heterocycles. The highest BCUT2D eigenvalue weighted by atomic mass is 127. The first kappa shape index (κ1) is 21.0. The molecule has 3 aromatic rings. The predicted molar refractivity (Wildman–Crippen MR) is 124 cm³/mol. The van der Waals surface area contributed by atoms with E-state index < -0.39 is 0 Å². The van der Waals surface area contributed by atoms with E-state index in [1.165, 1.54) is 3.57 Å². The number of benzene rings is 3. The van der Waals surface area contributed by atoms with E-state index in [4.69, 9.17) is 14.2 Å². The molecule has 150 valence electrons. The molecule has 0 unspecified atom stereocenters. The average Bonchev–Trinajstić information content (AvgIpc) is 2.76. The van der Waals surface area contributed by atoms with Crippen LogP contribution in [0.3, 0.4) is 0 Å². The zero-order chi connectivity index (χ0) is 20.5. The zero-order valence-corrected chi connectivity index (χ0v) is 18.5. The molecule has 0 spiro atoms. The average molecular weight is 502 g/mol. The number of para-hydroxylation sites is 1. The van der Waals surface area contributed by atoms with Crippen molar-refractivity contribution in [3.8, 4) is 17.2 Å². The van der Waals surface area contributed by atoms with Crippen LogP contribution in [0.5, 0.6) is 17.2 Å². The van der Waals surface area contributed by atoms with Crippen LogP contribution < -0.4 is 19.6 Å². The fourth-order valence-corrected chi connectivity index (χ4v) is 3.06. The predicted octanol–water partition coefficient (Wildman–Crippen LogP) is 5.01. The molecular formula is C23H23IN2O3. The molecule has 0 fully saturated rings. The molecule has 3 rings (SSSR count). The standard InChI is InChI=1S/C23H23IN2O3/c1-27-22-12-9-18(13-23(22)28-2)14-25-26-15-19-5-3-4-6-21(19)29-16-17-7-10-20(24)11-8-17/h3-13,15,25H,14,16H2,1-2H3/b26-15-. The summed E-state index contributed by atoms with van der Waals surface area (Å²) in [5.41, 5.74) is 6.15. The smallest absolute Gasteiger partial charge is 0.161 e. The first-order valence-corrected chi connectivity index (χ1v) is 10.2. The minimum absolute atomic E-state index is 0.515. The summed E-state index contributed by atoms with van der Waals surface area (Å²) in [6.07, 6.45) is 1.77. The van der Waals surface area contributed by atoms with Crippen LogP contribution in [0.4, 0.5) is 0 Å². The zero-order valence-electron chi connectivity index (χ0n) is 16.4. The highest BCUT2D eigenvalue weighted by molar-refractivity contribution is 14.1. The number of hydrazone groups is 1. The molecule has 0 aliphatic rings. The van der Waals surface area contributed by atoms with Crippen molar-refractivity contribution in [3.05, 3.63) is 87.0 Å². The van der Waals surface area contributed by atoms with Gasteiger partial charge in [-0.05, 0) is 70.1 Å². The van der Waals surface area contributed by atoms with E-state index in [1.54, 1.807) is 20.4 Å². The van der Waals surface area contributed by atoms with E-state index in [0.29, 0.717) is 24.7 Å². The molecule has 3 aromatic carbocycles. The molecule has 1 N–H and O–H groups in total. The largest absolute Gasteiger partial charge is 0.493 e. The third-order valence-corrected chi connectivity index (χ3v) is 4.97. The Morgan fingerprint density at radius 3 is 2.34 bits per heavy atom. The summed E-state index contributed by atoms with van der Waals surface area (Å²) in [6, 6.07) is 21.9. The van der Waals surface area contributed by atoms with Gasteiger partial charge in [0.05, 0.1) is 27.0 Å². The van der Waals surface area contributed by atoms with Crippen LogP contribution in [0, 0.1) is 3.57 Å². The second-order valence-electron chi connectivity index (χ2n) is 6.24. The molecular weight excluding hydrogens is 479 g/mol. The van der Waals surface area contributed by atoms with Crippen molar-refractivity contribution in [3.63, 3.8) is 0 Å². The summed E-state index contributed by atoms with van der Waals surface area (Å²) in [5.74, 6) is 2.20. The molecule has 5 nitrogen and oxygen atoms in total. The van der Waals surface area contributed by atoms with Crippen LogP contribution in [-0.4, -0.2) is 20.4 Å². The maximum atomic E-state index is 5.98. The molecule has 0 bridgehead atoms. The second-order valence-corrected chi connectivity index (χ2v) is 7.48. The minimum atomic E-state index is 0.515. The van der Waals surface area contributed by atoms with Crippen LogP contribution in [0.2, 0.25) is 0 Å². The van der Waals surface area contributed by atoms with Crippen LogP contribution in [0.25, 0.3) is 0 Å². The van der Waals surface area contributed by atoms with Crippen LogP contribution >= 0.6 is 22.6 Å². The summed E-state index contributed by atoms with van der Waals surface area (Å²) in [5, 5.41) is 4.33. The molecule has 0 atom stereocenters. The van der Waals surface area contributed by atoms with Crippen molar-refractivity contribution in [1.29, 1.82) is 0 Å². The first-order chi connectivity index (χ1) is 14.2.